The van der Waals surface area contributed by atoms with Crippen molar-refractivity contribution in [2.45, 2.75) is 12.8 Å². The molecular formula is C16H16BrFO. The van der Waals surface area contributed by atoms with Crippen molar-refractivity contribution in [1.29, 1.82) is 0 Å². The van der Waals surface area contributed by atoms with Crippen molar-refractivity contribution in [2.24, 2.45) is 0 Å². The number of hydrogen-bond acceptors (Lipinski definition) is 1. The zero-order valence-electron chi connectivity index (χ0n) is 10.8. The zero-order valence-corrected chi connectivity index (χ0v) is 12.4. The van der Waals surface area contributed by atoms with Crippen LogP contribution in [0, 0.1) is 12.7 Å². The van der Waals surface area contributed by atoms with E-state index in [0.717, 1.165) is 5.33 Å². The van der Waals surface area contributed by atoms with E-state index < -0.39 is 0 Å². The molecule has 0 aliphatic heterocycles. The van der Waals surface area contributed by atoms with Crippen LogP contribution in [0.15, 0.2) is 48.5 Å². The van der Waals surface area contributed by atoms with Gasteiger partial charge in [-0.2, -0.15) is 0 Å². The second kappa shape index (κ2) is 6.71. The highest BCUT2D eigenvalue weighted by Crippen LogP contribution is 2.23. The number of ether oxygens (including phenoxy) is 1. The standard InChI is InChI=1S/C16H16BrFO/c1-12-6-5-9-15(16(12)18)19-11-14(10-17)13-7-3-2-4-8-13/h2-9,14H,10-11H2,1H3. The zero-order chi connectivity index (χ0) is 13.7. The highest BCUT2D eigenvalue weighted by molar-refractivity contribution is 9.09. The lowest BCUT2D eigenvalue weighted by atomic mass is 10.0. The van der Waals surface area contributed by atoms with Gasteiger partial charge in [0.15, 0.2) is 11.6 Å². The summed E-state index contributed by atoms with van der Waals surface area (Å²) < 4.78 is 19.4. The van der Waals surface area contributed by atoms with Crippen LogP contribution in [-0.2, 0) is 0 Å². The van der Waals surface area contributed by atoms with Crippen LogP contribution in [0.5, 0.6) is 5.75 Å². The summed E-state index contributed by atoms with van der Waals surface area (Å²) in [5, 5.41) is 0.782. The Bertz CT molecular complexity index is 528. The monoisotopic (exact) mass is 322 g/mol. The summed E-state index contributed by atoms with van der Waals surface area (Å²) in [5.74, 6) is 0.256. The fraction of sp³-hybridized carbons (Fsp3) is 0.250. The molecule has 2 aromatic rings. The molecule has 0 aliphatic rings. The SMILES string of the molecule is Cc1cccc(OCC(CBr)c2ccccc2)c1F. The Morgan fingerprint density at radius 3 is 2.53 bits per heavy atom. The van der Waals surface area contributed by atoms with Crippen LogP contribution in [0.25, 0.3) is 0 Å². The maximum atomic E-state index is 13.8. The Hall–Kier alpha value is -1.35. The highest BCUT2D eigenvalue weighted by Gasteiger charge is 2.12. The van der Waals surface area contributed by atoms with Crippen LogP contribution in [0.4, 0.5) is 4.39 Å². The van der Waals surface area contributed by atoms with E-state index >= 15 is 0 Å². The quantitative estimate of drug-likeness (QED) is 0.725. The Morgan fingerprint density at radius 1 is 1.11 bits per heavy atom. The molecule has 0 aliphatic carbocycles. The lowest BCUT2D eigenvalue weighted by Crippen LogP contribution is -2.12. The lowest BCUT2D eigenvalue weighted by molar-refractivity contribution is 0.283. The van der Waals surface area contributed by atoms with Gasteiger partial charge in [0.05, 0.1) is 6.61 Å². The molecule has 100 valence electrons. The van der Waals surface area contributed by atoms with Gasteiger partial charge in [-0.25, -0.2) is 4.39 Å². The number of halogens is 2. The summed E-state index contributed by atoms with van der Waals surface area (Å²) in [6, 6.07) is 15.3. The third kappa shape index (κ3) is 3.57. The van der Waals surface area contributed by atoms with E-state index in [1.54, 1.807) is 25.1 Å². The number of benzene rings is 2. The molecule has 2 aromatic carbocycles. The van der Waals surface area contributed by atoms with Gasteiger partial charge in [-0.1, -0.05) is 58.4 Å². The van der Waals surface area contributed by atoms with Crippen molar-refractivity contribution in [3.8, 4) is 5.75 Å². The minimum Gasteiger partial charge on any atom is -0.490 e. The van der Waals surface area contributed by atoms with Crippen LogP contribution < -0.4 is 4.74 Å². The molecule has 1 nitrogen and oxygen atoms in total. The van der Waals surface area contributed by atoms with Crippen molar-refractivity contribution >= 4 is 15.9 Å². The molecule has 0 amide bonds. The first-order chi connectivity index (χ1) is 9.22. The number of rotatable bonds is 5. The second-order valence-electron chi connectivity index (χ2n) is 4.46. The van der Waals surface area contributed by atoms with E-state index in [1.807, 2.05) is 18.2 Å². The van der Waals surface area contributed by atoms with Crippen LogP contribution in [0.1, 0.15) is 17.0 Å². The first-order valence-corrected chi connectivity index (χ1v) is 7.33. The van der Waals surface area contributed by atoms with Gasteiger partial charge in [-0.05, 0) is 24.1 Å². The summed E-state index contributed by atoms with van der Waals surface area (Å²) in [7, 11) is 0. The van der Waals surface area contributed by atoms with Gasteiger partial charge in [0.25, 0.3) is 0 Å². The third-order valence-corrected chi connectivity index (χ3v) is 3.84. The van der Waals surface area contributed by atoms with Gasteiger partial charge in [-0.3, -0.25) is 0 Å². The Labute approximate surface area is 121 Å². The summed E-state index contributed by atoms with van der Waals surface area (Å²) in [6.07, 6.45) is 0. The highest BCUT2D eigenvalue weighted by atomic mass is 79.9. The molecule has 0 radical (unpaired) electrons. The maximum absolute atomic E-state index is 13.8. The van der Waals surface area contributed by atoms with Crippen LogP contribution >= 0.6 is 15.9 Å². The van der Waals surface area contributed by atoms with Gasteiger partial charge >= 0.3 is 0 Å². The summed E-state index contributed by atoms with van der Waals surface area (Å²) >= 11 is 3.49. The number of alkyl halides is 1. The van der Waals surface area contributed by atoms with Gasteiger partial charge in [0, 0.05) is 11.2 Å². The van der Waals surface area contributed by atoms with Gasteiger partial charge in [0.2, 0.25) is 0 Å². The molecule has 0 saturated carbocycles. The number of aryl methyl sites for hydroxylation is 1. The smallest absolute Gasteiger partial charge is 0.167 e. The van der Waals surface area contributed by atoms with E-state index in [4.69, 9.17) is 4.74 Å². The topological polar surface area (TPSA) is 9.23 Å². The van der Waals surface area contributed by atoms with Crippen molar-refractivity contribution in [2.75, 3.05) is 11.9 Å². The van der Waals surface area contributed by atoms with E-state index in [1.165, 1.54) is 5.56 Å². The Morgan fingerprint density at radius 2 is 1.84 bits per heavy atom. The first kappa shape index (κ1) is 14.1. The van der Waals surface area contributed by atoms with Crippen molar-refractivity contribution in [3.05, 3.63) is 65.5 Å². The van der Waals surface area contributed by atoms with Crippen molar-refractivity contribution < 1.29 is 9.13 Å². The Kier molecular flexibility index (Phi) is 4.97. The first-order valence-electron chi connectivity index (χ1n) is 6.21. The number of hydrogen-bond donors (Lipinski definition) is 0. The Balaban J connectivity index is 2.06. The predicted octanol–water partition coefficient (Wildman–Crippen LogP) is 4.69. The van der Waals surface area contributed by atoms with E-state index in [2.05, 4.69) is 28.1 Å². The predicted molar refractivity (Wildman–Crippen MR) is 79.6 cm³/mol. The van der Waals surface area contributed by atoms with Crippen molar-refractivity contribution in [1.82, 2.24) is 0 Å². The van der Waals surface area contributed by atoms with Gasteiger partial charge < -0.3 is 4.74 Å². The molecule has 0 saturated heterocycles. The van der Waals surface area contributed by atoms with Crippen LogP contribution in [0.3, 0.4) is 0 Å². The molecule has 0 spiro atoms. The van der Waals surface area contributed by atoms with E-state index in [0.29, 0.717) is 17.9 Å². The maximum Gasteiger partial charge on any atom is 0.167 e. The molecule has 19 heavy (non-hydrogen) atoms. The molecule has 2 rings (SSSR count). The van der Waals surface area contributed by atoms with E-state index in [-0.39, 0.29) is 11.7 Å². The molecule has 3 heteroatoms. The van der Waals surface area contributed by atoms with Gasteiger partial charge in [0.1, 0.15) is 0 Å². The average Bonchev–Trinajstić information content (AvgIpc) is 2.45. The largest absolute Gasteiger partial charge is 0.490 e. The lowest BCUT2D eigenvalue weighted by Gasteiger charge is -2.16. The third-order valence-electron chi connectivity index (χ3n) is 3.05. The summed E-state index contributed by atoms with van der Waals surface area (Å²) in [5.41, 5.74) is 1.79. The molecule has 0 bridgehead atoms. The fourth-order valence-corrected chi connectivity index (χ4v) is 2.44. The van der Waals surface area contributed by atoms with Crippen LogP contribution in [0.2, 0.25) is 0 Å². The minimum absolute atomic E-state index is 0.209. The van der Waals surface area contributed by atoms with Crippen molar-refractivity contribution in [3.63, 3.8) is 0 Å². The summed E-state index contributed by atoms with van der Waals surface area (Å²) in [6.45, 7) is 2.19. The van der Waals surface area contributed by atoms with Crippen LogP contribution in [-0.4, -0.2) is 11.9 Å². The molecular weight excluding hydrogens is 307 g/mol. The average molecular weight is 323 g/mol. The molecule has 0 N–H and O–H groups in total. The fourth-order valence-electron chi connectivity index (χ4n) is 1.88. The molecule has 1 atom stereocenters. The minimum atomic E-state index is -0.274. The van der Waals surface area contributed by atoms with Gasteiger partial charge in [-0.15, -0.1) is 0 Å². The normalized spacial score (nSPS) is 12.2. The molecule has 0 heterocycles. The molecule has 1 unspecified atom stereocenters. The summed E-state index contributed by atoms with van der Waals surface area (Å²) in [4.78, 5) is 0. The molecule has 0 aromatic heterocycles. The molecule has 0 fully saturated rings. The van der Waals surface area contributed by atoms with E-state index in [9.17, 15) is 4.39 Å². The second-order valence-corrected chi connectivity index (χ2v) is 5.11.